The van der Waals surface area contributed by atoms with Crippen molar-refractivity contribution in [3.8, 4) is 0 Å². The van der Waals surface area contributed by atoms with E-state index in [1.54, 1.807) is 7.05 Å². The van der Waals surface area contributed by atoms with E-state index >= 15 is 0 Å². The number of aryl methyl sites for hydroxylation is 1. The van der Waals surface area contributed by atoms with Gasteiger partial charge in [-0.25, -0.2) is 24.2 Å². The molecule has 0 aromatic carbocycles. The summed E-state index contributed by atoms with van der Waals surface area (Å²) in [7, 11) is 1.57. The summed E-state index contributed by atoms with van der Waals surface area (Å²) in [5, 5.41) is 34.0. The molecule has 2 rings (SSSR count). The van der Waals surface area contributed by atoms with E-state index < -0.39 is 23.9 Å². The Bertz CT molecular complexity index is 748. The Kier molecular flexibility index (Phi) is 5.76. The van der Waals surface area contributed by atoms with Crippen molar-refractivity contribution in [2.45, 2.75) is 0 Å². The Morgan fingerprint density at radius 3 is 1.46 bits per heavy atom. The Morgan fingerprint density at radius 2 is 1.17 bits per heavy atom. The molecule has 0 radical (unpaired) electrons. The predicted octanol–water partition coefficient (Wildman–Crippen LogP) is 0.899. The molecule has 0 saturated heterocycles. The van der Waals surface area contributed by atoms with Crippen LogP contribution in [-0.2, 0) is 7.05 Å². The minimum Gasteiger partial charge on any atom is -0.478 e. The molecule has 2 heterocycles. The lowest BCUT2D eigenvalue weighted by Gasteiger charge is -1.94. The second kappa shape index (κ2) is 7.54. The molecule has 0 spiro atoms. The number of carboxylic acid groups (broad SMARTS) is 4. The number of nitrogens with zero attached hydrogens (tertiary/aromatic N) is 2. The van der Waals surface area contributed by atoms with Crippen LogP contribution < -0.4 is 0 Å². The number of rotatable bonds is 4. The molecule has 10 nitrogen and oxygen atoms in total. The predicted molar refractivity (Wildman–Crippen MR) is 77.5 cm³/mol. The summed E-state index contributed by atoms with van der Waals surface area (Å²) in [5.41, 5.74) is -0.917. The first-order chi connectivity index (χ1) is 11.1. The highest BCUT2D eigenvalue weighted by atomic mass is 16.4. The van der Waals surface area contributed by atoms with Crippen molar-refractivity contribution < 1.29 is 39.6 Å². The Balaban J connectivity index is 0.000000240. The Labute approximate surface area is 134 Å². The van der Waals surface area contributed by atoms with Crippen LogP contribution in [0.25, 0.3) is 0 Å². The summed E-state index contributed by atoms with van der Waals surface area (Å²) >= 11 is 0. The van der Waals surface area contributed by atoms with Gasteiger partial charge < -0.3 is 25.0 Å². The zero-order chi connectivity index (χ0) is 18.4. The molecule has 10 heteroatoms. The highest BCUT2D eigenvalue weighted by Gasteiger charge is 2.17. The van der Waals surface area contributed by atoms with Crippen molar-refractivity contribution in [3.63, 3.8) is 0 Å². The summed E-state index contributed by atoms with van der Waals surface area (Å²) in [5.74, 6) is -4.93. The molecule has 2 aromatic heterocycles. The number of hydrogen-bond donors (Lipinski definition) is 4. The van der Waals surface area contributed by atoms with Crippen molar-refractivity contribution in [1.82, 2.24) is 9.55 Å². The van der Waals surface area contributed by atoms with Gasteiger partial charge in [-0.1, -0.05) is 6.07 Å². The van der Waals surface area contributed by atoms with Crippen molar-refractivity contribution in [1.29, 1.82) is 0 Å². The summed E-state index contributed by atoms with van der Waals surface area (Å²) in [4.78, 5) is 44.9. The number of carboxylic acids is 4. The minimum atomic E-state index is -1.24. The third-order valence-corrected chi connectivity index (χ3v) is 2.60. The van der Waals surface area contributed by atoms with E-state index in [0.717, 1.165) is 0 Å². The molecular weight excluding hydrogens is 324 g/mol. The van der Waals surface area contributed by atoms with Gasteiger partial charge in [0.1, 0.15) is 11.4 Å². The SMILES string of the molecule is Cn1cc(C(=O)O)c(C(=O)O)c1.O=C(O)c1cccc(C(=O)O)n1. The Morgan fingerprint density at radius 1 is 0.792 bits per heavy atom. The summed E-state index contributed by atoms with van der Waals surface area (Å²) in [6.07, 6.45) is 2.51. The smallest absolute Gasteiger partial charge is 0.354 e. The second-order valence-corrected chi connectivity index (χ2v) is 4.38. The first kappa shape index (κ1) is 18.4. The Hall–Kier alpha value is -3.69. The normalized spacial score (nSPS) is 9.54. The summed E-state index contributed by atoms with van der Waals surface area (Å²) in [6.45, 7) is 0. The van der Waals surface area contributed by atoms with Gasteiger partial charge in [-0.15, -0.1) is 0 Å². The lowest BCUT2D eigenvalue weighted by molar-refractivity contribution is 0.0653. The number of hydrogen-bond acceptors (Lipinski definition) is 5. The molecule has 0 unspecified atom stereocenters. The molecule has 0 saturated carbocycles. The van der Waals surface area contributed by atoms with Crippen LogP contribution in [-0.4, -0.2) is 53.9 Å². The van der Waals surface area contributed by atoms with E-state index in [4.69, 9.17) is 20.4 Å². The fourth-order valence-corrected chi connectivity index (χ4v) is 1.60. The molecule has 4 N–H and O–H groups in total. The fourth-order valence-electron chi connectivity index (χ4n) is 1.60. The molecule has 0 bridgehead atoms. The van der Waals surface area contributed by atoms with E-state index in [-0.39, 0.29) is 22.5 Å². The highest BCUT2D eigenvalue weighted by molar-refractivity contribution is 6.01. The van der Waals surface area contributed by atoms with Gasteiger partial charge in [0, 0.05) is 19.4 Å². The molecule has 126 valence electrons. The van der Waals surface area contributed by atoms with E-state index in [1.807, 2.05) is 0 Å². The maximum absolute atomic E-state index is 10.5. The van der Waals surface area contributed by atoms with Crippen LogP contribution in [0.3, 0.4) is 0 Å². The third kappa shape index (κ3) is 4.66. The monoisotopic (exact) mass is 336 g/mol. The van der Waals surface area contributed by atoms with Crippen LogP contribution >= 0.6 is 0 Å². The highest BCUT2D eigenvalue weighted by Crippen LogP contribution is 2.09. The van der Waals surface area contributed by atoms with Gasteiger partial charge in [-0.3, -0.25) is 0 Å². The molecule has 0 amide bonds. The lowest BCUT2D eigenvalue weighted by atomic mass is 10.2. The van der Waals surface area contributed by atoms with Gasteiger partial charge in [0.15, 0.2) is 0 Å². The quantitative estimate of drug-likeness (QED) is 0.634. The van der Waals surface area contributed by atoms with Crippen LogP contribution in [0.1, 0.15) is 41.7 Å². The fraction of sp³-hybridized carbons (Fsp3) is 0.0714. The maximum atomic E-state index is 10.5. The number of aromatic nitrogens is 2. The van der Waals surface area contributed by atoms with E-state index in [1.165, 1.54) is 35.2 Å². The van der Waals surface area contributed by atoms with E-state index in [0.29, 0.717) is 0 Å². The molecule has 24 heavy (non-hydrogen) atoms. The van der Waals surface area contributed by atoms with Gasteiger partial charge in [0.2, 0.25) is 0 Å². The lowest BCUT2D eigenvalue weighted by Crippen LogP contribution is -2.06. The van der Waals surface area contributed by atoms with E-state index in [2.05, 4.69) is 4.98 Å². The molecule has 0 aliphatic carbocycles. The number of carbonyl (C=O) groups is 4. The molecule has 0 fully saturated rings. The molecule has 0 aliphatic rings. The zero-order valence-corrected chi connectivity index (χ0v) is 12.2. The minimum absolute atomic E-state index is 0.190. The summed E-state index contributed by atoms with van der Waals surface area (Å²) in [6, 6.07) is 3.80. The summed E-state index contributed by atoms with van der Waals surface area (Å²) < 4.78 is 1.40. The largest absolute Gasteiger partial charge is 0.478 e. The first-order valence-electron chi connectivity index (χ1n) is 6.19. The maximum Gasteiger partial charge on any atom is 0.354 e. The van der Waals surface area contributed by atoms with Crippen molar-refractivity contribution >= 4 is 23.9 Å². The van der Waals surface area contributed by atoms with Gasteiger partial charge in [0.25, 0.3) is 0 Å². The molecule has 0 atom stereocenters. The second-order valence-electron chi connectivity index (χ2n) is 4.38. The number of aromatic carboxylic acids is 4. The topological polar surface area (TPSA) is 167 Å². The van der Waals surface area contributed by atoms with Crippen LogP contribution in [0.15, 0.2) is 30.6 Å². The standard InChI is InChI=1S/C7H7NO4.C7H5NO4/c1-8-2-4(6(9)10)5(3-8)7(11)12;9-6(10)4-2-1-3-5(8-4)7(11)12/h2-3H,1H3,(H,9,10)(H,11,12);1-3H,(H,9,10)(H,11,12). The van der Waals surface area contributed by atoms with Crippen LogP contribution in [0, 0.1) is 0 Å². The van der Waals surface area contributed by atoms with Crippen molar-refractivity contribution in [3.05, 3.63) is 53.1 Å². The van der Waals surface area contributed by atoms with Crippen molar-refractivity contribution in [2.24, 2.45) is 7.05 Å². The van der Waals surface area contributed by atoms with Gasteiger partial charge in [0.05, 0.1) is 11.1 Å². The molecular formula is C14H12N2O8. The van der Waals surface area contributed by atoms with Crippen LogP contribution in [0.4, 0.5) is 0 Å². The third-order valence-electron chi connectivity index (χ3n) is 2.60. The first-order valence-corrected chi connectivity index (χ1v) is 6.19. The average molecular weight is 336 g/mol. The van der Waals surface area contributed by atoms with Crippen molar-refractivity contribution in [2.75, 3.05) is 0 Å². The number of pyridine rings is 1. The molecule has 0 aliphatic heterocycles. The van der Waals surface area contributed by atoms with E-state index in [9.17, 15) is 19.2 Å². The average Bonchev–Trinajstić information content (AvgIpc) is 2.90. The van der Waals surface area contributed by atoms with Gasteiger partial charge >= 0.3 is 23.9 Å². The van der Waals surface area contributed by atoms with Crippen LogP contribution in [0.2, 0.25) is 0 Å². The zero-order valence-electron chi connectivity index (χ0n) is 12.2. The van der Waals surface area contributed by atoms with Gasteiger partial charge in [-0.05, 0) is 12.1 Å². The van der Waals surface area contributed by atoms with Gasteiger partial charge in [-0.2, -0.15) is 0 Å². The molecule has 2 aromatic rings. The van der Waals surface area contributed by atoms with Crippen LogP contribution in [0.5, 0.6) is 0 Å².